The Balaban J connectivity index is 3.83. The molecule has 0 aliphatic carbocycles. The number of unbranched alkanes of at least 4 members (excludes halogenated alkanes) is 1. The molecule has 3 N–H and O–H groups in total. The molecule has 1 unspecified atom stereocenters. The molecule has 0 heterocycles. The van der Waals surface area contributed by atoms with E-state index in [1.807, 2.05) is 0 Å². The highest BCUT2D eigenvalue weighted by atomic mass is 16.4. The van der Waals surface area contributed by atoms with Gasteiger partial charge in [0.1, 0.15) is 5.54 Å². The van der Waals surface area contributed by atoms with Crippen molar-refractivity contribution >= 4 is 5.97 Å². The molecule has 0 bridgehead atoms. The van der Waals surface area contributed by atoms with E-state index in [1.165, 1.54) is 6.42 Å². The average Bonchev–Trinajstić information content (AvgIpc) is 2.45. The van der Waals surface area contributed by atoms with E-state index < -0.39 is 11.5 Å². The van der Waals surface area contributed by atoms with Gasteiger partial charge in [-0.3, -0.25) is 4.79 Å². The zero-order valence-electron chi connectivity index (χ0n) is 14.4. The summed E-state index contributed by atoms with van der Waals surface area (Å²) >= 11 is 0. The molecule has 0 radical (unpaired) electrons. The summed E-state index contributed by atoms with van der Waals surface area (Å²) in [5.74, 6) is -0.908. The van der Waals surface area contributed by atoms with Gasteiger partial charge in [0.05, 0.1) is 0 Å². The molecule has 0 spiro atoms. The Morgan fingerprint density at radius 1 is 0.952 bits per heavy atom. The molecule has 126 valence electrons. The molecule has 0 saturated carbocycles. The van der Waals surface area contributed by atoms with E-state index in [0.717, 1.165) is 52.1 Å². The van der Waals surface area contributed by atoms with Crippen molar-refractivity contribution in [3.63, 3.8) is 0 Å². The normalized spacial score (nSPS) is 14.6. The van der Waals surface area contributed by atoms with Gasteiger partial charge >= 0.3 is 5.97 Å². The first-order chi connectivity index (χ1) is 9.87. The lowest BCUT2D eigenvalue weighted by atomic mass is 9.96. The fourth-order valence-corrected chi connectivity index (χ4v) is 2.42. The van der Waals surface area contributed by atoms with E-state index in [0.29, 0.717) is 6.42 Å². The highest BCUT2D eigenvalue weighted by molar-refractivity contribution is 5.77. The molecular weight excluding hydrogens is 266 g/mol. The van der Waals surface area contributed by atoms with Gasteiger partial charge in [-0.25, -0.2) is 0 Å². The van der Waals surface area contributed by atoms with E-state index in [-0.39, 0.29) is 0 Å². The minimum absolute atomic E-state index is 0.541. The molecule has 0 fully saturated rings. The highest BCUT2D eigenvalue weighted by Gasteiger charge is 2.26. The van der Waals surface area contributed by atoms with Gasteiger partial charge in [0.2, 0.25) is 0 Å². The second-order valence-electron chi connectivity index (χ2n) is 5.99. The fourth-order valence-electron chi connectivity index (χ4n) is 2.42. The maximum absolute atomic E-state index is 10.9. The lowest BCUT2D eigenvalue weighted by Crippen LogP contribution is -2.44. The van der Waals surface area contributed by atoms with E-state index in [4.69, 9.17) is 10.8 Å². The maximum atomic E-state index is 10.9. The standard InChI is InChI=1S/C16H35N3O2/c1-5-18(6-2)13-10-14-19(7-3)12-9-8-11-16(4,17)15(20)21/h5-14,17H2,1-4H3,(H,20,21). The number of rotatable bonds is 13. The predicted molar refractivity (Wildman–Crippen MR) is 88.6 cm³/mol. The van der Waals surface area contributed by atoms with Crippen LogP contribution in [0.25, 0.3) is 0 Å². The summed E-state index contributed by atoms with van der Waals surface area (Å²) in [5.41, 5.74) is 4.65. The van der Waals surface area contributed by atoms with Gasteiger partial charge in [-0.1, -0.05) is 20.8 Å². The van der Waals surface area contributed by atoms with Crippen molar-refractivity contribution in [2.75, 3.05) is 39.3 Å². The van der Waals surface area contributed by atoms with Gasteiger partial charge in [-0.05, 0) is 71.9 Å². The minimum Gasteiger partial charge on any atom is -0.480 e. The van der Waals surface area contributed by atoms with Crippen molar-refractivity contribution in [1.29, 1.82) is 0 Å². The molecule has 0 aromatic carbocycles. The van der Waals surface area contributed by atoms with Crippen molar-refractivity contribution < 1.29 is 9.90 Å². The van der Waals surface area contributed by atoms with Crippen molar-refractivity contribution in [3.8, 4) is 0 Å². The summed E-state index contributed by atoms with van der Waals surface area (Å²) in [6.07, 6.45) is 3.61. The largest absolute Gasteiger partial charge is 0.480 e. The zero-order valence-corrected chi connectivity index (χ0v) is 14.4. The smallest absolute Gasteiger partial charge is 0.323 e. The van der Waals surface area contributed by atoms with Gasteiger partial charge in [0.15, 0.2) is 0 Å². The number of carbonyl (C=O) groups is 1. The summed E-state index contributed by atoms with van der Waals surface area (Å²) in [6, 6.07) is 0. The molecular formula is C16H35N3O2. The molecule has 0 aliphatic rings. The molecule has 0 aromatic rings. The Hall–Kier alpha value is -0.650. The summed E-state index contributed by atoms with van der Waals surface area (Å²) < 4.78 is 0. The van der Waals surface area contributed by atoms with Crippen LogP contribution in [0.4, 0.5) is 0 Å². The van der Waals surface area contributed by atoms with Gasteiger partial charge in [0.25, 0.3) is 0 Å². The Labute approximate surface area is 130 Å². The Morgan fingerprint density at radius 2 is 1.43 bits per heavy atom. The quantitative estimate of drug-likeness (QED) is 0.509. The molecule has 1 atom stereocenters. The van der Waals surface area contributed by atoms with Crippen LogP contribution < -0.4 is 5.73 Å². The number of carboxylic acids is 1. The third-order valence-electron chi connectivity index (χ3n) is 4.20. The Kier molecular flexibility index (Phi) is 10.6. The summed E-state index contributed by atoms with van der Waals surface area (Å²) in [5, 5.41) is 8.97. The van der Waals surface area contributed by atoms with Crippen LogP contribution >= 0.6 is 0 Å². The van der Waals surface area contributed by atoms with E-state index in [9.17, 15) is 4.79 Å². The van der Waals surface area contributed by atoms with Crippen LogP contribution in [0.1, 0.15) is 53.4 Å². The van der Waals surface area contributed by atoms with Gasteiger partial charge in [-0.15, -0.1) is 0 Å². The van der Waals surface area contributed by atoms with Crippen molar-refractivity contribution in [1.82, 2.24) is 9.80 Å². The SMILES string of the molecule is CCN(CC)CCCN(CC)CCCCC(C)(N)C(=O)O. The number of carboxylic acid groups (broad SMARTS) is 1. The topological polar surface area (TPSA) is 69.8 Å². The van der Waals surface area contributed by atoms with Gasteiger partial charge < -0.3 is 20.6 Å². The Bertz CT molecular complexity index is 279. The molecule has 0 aromatic heterocycles. The van der Waals surface area contributed by atoms with E-state index >= 15 is 0 Å². The summed E-state index contributed by atoms with van der Waals surface area (Å²) in [7, 11) is 0. The summed E-state index contributed by atoms with van der Waals surface area (Å²) in [4.78, 5) is 15.8. The van der Waals surface area contributed by atoms with Crippen molar-refractivity contribution in [2.24, 2.45) is 5.73 Å². The van der Waals surface area contributed by atoms with Crippen LogP contribution in [-0.4, -0.2) is 65.7 Å². The number of nitrogens with zero attached hydrogens (tertiary/aromatic N) is 2. The van der Waals surface area contributed by atoms with Crippen LogP contribution in [0, 0.1) is 0 Å². The number of hydrogen-bond acceptors (Lipinski definition) is 4. The van der Waals surface area contributed by atoms with Gasteiger partial charge in [0, 0.05) is 0 Å². The lowest BCUT2D eigenvalue weighted by molar-refractivity contribution is -0.142. The molecule has 0 saturated heterocycles. The average molecular weight is 301 g/mol. The lowest BCUT2D eigenvalue weighted by Gasteiger charge is -2.24. The van der Waals surface area contributed by atoms with Crippen LogP contribution in [0.15, 0.2) is 0 Å². The second kappa shape index (κ2) is 11.0. The summed E-state index contributed by atoms with van der Waals surface area (Å²) in [6.45, 7) is 14.8. The minimum atomic E-state index is -1.08. The molecule has 0 amide bonds. The highest BCUT2D eigenvalue weighted by Crippen LogP contribution is 2.11. The van der Waals surface area contributed by atoms with Crippen molar-refractivity contribution in [2.45, 2.75) is 58.9 Å². The molecule has 0 rings (SSSR count). The fraction of sp³-hybridized carbons (Fsp3) is 0.938. The van der Waals surface area contributed by atoms with Crippen LogP contribution in [-0.2, 0) is 4.79 Å². The molecule has 21 heavy (non-hydrogen) atoms. The second-order valence-corrected chi connectivity index (χ2v) is 5.99. The Morgan fingerprint density at radius 3 is 1.90 bits per heavy atom. The first-order valence-electron chi connectivity index (χ1n) is 8.34. The van der Waals surface area contributed by atoms with E-state index in [1.54, 1.807) is 6.92 Å². The third-order valence-corrected chi connectivity index (χ3v) is 4.20. The monoisotopic (exact) mass is 301 g/mol. The van der Waals surface area contributed by atoms with Gasteiger partial charge in [-0.2, -0.15) is 0 Å². The molecule has 5 heteroatoms. The van der Waals surface area contributed by atoms with Crippen LogP contribution in [0.3, 0.4) is 0 Å². The number of hydrogen-bond donors (Lipinski definition) is 2. The maximum Gasteiger partial charge on any atom is 0.323 e. The van der Waals surface area contributed by atoms with Crippen LogP contribution in [0.2, 0.25) is 0 Å². The molecule has 5 nitrogen and oxygen atoms in total. The van der Waals surface area contributed by atoms with E-state index in [2.05, 4.69) is 30.6 Å². The number of nitrogens with two attached hydrogens (primary N) is 1. The number of aliphatic carboxylic acids is 1. The first kappa shape index (κ1) is 20.3. The van der Waals surface area contributed by atoms with Crippen LogP contribution in [0.5, 0.6) is 0 Å². The van der Waals surface area contributed by atoms with Crippen molar-refractivity contribution in [3.05, 3.63) is 0 Å². The zero-order chi connectivity index (χ0) is 16.3. The third kappa shape index (κ3) is 9.06. The predicted octanol–water partition coefficient (Wildman–Crippen LogP) is 2.01. The molecule has 0 aliphatic heterocycles. The first-order valence-corrected chi connectivity index (χ1v) is 8.34.